The highest BCUT2D eigenvalue weighted by Gasteiger charge is 2.34. The van der Waals surface area contributed by atoms with Crippen LogP contribution in [0.2, 0.25) is 0 Å². The molecule has 0 aromatic heterocycles. The Morgan fingerprint density at radius 2 is 1.05 bits per heavy atom. The second-order valence-electron chi connectivity index (χ2n) is 8.16. The van der Waals surface area contributed by atoms with Gasteiger partial charge in [0.25, 0.3) is 11.8 Å². The number of carboxylic acids is 2. The average Bonchev–Trinajstić information content (AvgIpc) is 3.32. The van der Waals surface area contributed by atoms with Gasteiger partial charge >= 0.3 is 11.9 Å². The van der Waals surface area contributed by atoms with E-state index in [2.05, 4.69) is 0 Å². The zero-order valence-corrected chi connectivity index (χ0v) is 23.7. The van der Waals surface area contributed by atoms with Gasteiger partial charge in [0.15, 0.2) is 0 Å². The van der Waals surface area contributed by atoms with Gasteiger partial charge < -0.3 is 19.7 Å². The van der Waals surface area contributed by atoms with Crippen molar-refractivity contribution < 1.29 is 38.9 Å². The molecule has 0 radical (unpaired) electrons. The van der Waals surface area contributed by atoms with Gasteiger partial charge in [0.2, 0.25) is 0 Å². The van der Waals surface area contributed by atoms with E-state index in [1.807, 2.05) is 0 Å². The van der Waals surface area contributed by atoms with Gasteiger partial charge in [0, 0.05) is 0 Å². The minimum atomic E-state index is -1.13. The summed E-state index contributed by atoms with van der Waals surface area (Å²) in [4.78, 5) is 49.4. The predicted molar refractivity (Wildman–Crippen MR) is 159 cm³/mol. The predicted octanol–water partition coefficient (Wildman–Crippen LogP) is 3.72. The van der Waals surface area contributed by atoms with Crippen LogP contribution in [0.1, 0.15) is 11.1 Å². The summed E-state index contributed by atoms with van der Waals surface area (Å²) in [6.45, 7) is -0.380. The molecule has 2 N–H and O–H groups in total. The number of carbonyl (C=O) groups is 4. The van der Waals surface area contributed by atoms with Gasteiger partial charge in [0.05, 0.1) is 9.81 Å². The Hall–Kier alpha value is -3.72. The Balaban J connectivity index is 1.24. The SMILES string of the molecule is O=C(O)CN1C(=O)/C(=C/c2ccc(OCCOc3ccc(/C=C4\SC(=S)N(CC(=O)O)C4=O)cc3)cc2)SC1=S. The van der Waals surface area contributed by atoms with E-state index in [9.17, 15) is 19.2 Å². The third-order valence-corrected chi connectivity index (χ3v) is 8.07. The molecule has 2 fully saturated rings. The minimum absolute atomic E-state index is 0.210. The Labute approximate surface area is 247 Å². The van der Waals surface area contributed by atoms with Crippen LogP contribution in [0.25, 0.3) is 12.2 Å². The number of hydrogen-bond acceptors (Lipinski definition) is 10. The van der Waals surface area contributed by atoms with E-state index >= 15 is 0 Å². The highest BCUT2D eigenvalue weighted by Crippen LogP contribution is 2.33. The Morgan fingerprint density at radius 1 is 0.700 bits per heavy atom. The molecule has 206 valence electrons. The van der Waals surface area contributed by atoms with Crippen molar-refractivity contribution in [3.63, 3.8) is 0 Å². The number of aliphatic carboxylic acids is 2. The summed E-state index contributed by atoms with van der Waals surface area (Å²) in [6.07, 6.45) is 3.30. The zero-order chi connectivity index (χ0) is 28.8. The Kier molecular flexibility index (Phi) is 9.58. The van der Waals surface area contributed by atoms with Crippen molar-refractivity contribution in [2.24, 2.45) is 0 Å². The van der Waals surface area contributed by atoms with Crippen LogP contribution in [-0.2, 0) is 19.2 Å². The molecule has 0 atom stereocenters. The van der Waals surface area contributed by atoms with Crippen molar-refractivity contribution in [3.8, 4) is 11.5 Å². The van der Waals surface area contributed by atoms with E-state index in [1.165, 1.54) is 0 Å². The normalized spacial score (nSPS) is 17.3. The van der Waals surface area contributed by atoms with E-state index in [4.69, 9.17) is 44.1 Å². The maximum Gasteiger partial charge on any atom is 0.323 e. The Bertz CT molecular complexity index is 1330. The lowest BCUT2D eigenvalue weighted by Gasteiger charge is -2.10. The number of carbonyl (C=O) groups excluding carboxylic acids is 2. The molecule has 2 aromatic carbocycles. The molecule has 40 heavy (non-hydrogen) atoms. The van der Waals surface area contributed by atoms with Crippen molar-refractivity contribution in [3.05, 3.63) is 69.5 Å². The summed E-state index contributed by atoms with van der Waals surface area (Å²) in [5.74, 6) is -1.92. The third kappa shape index (κ3) is 7.47. The minimum Gasteiger partial charge on any atom is -0.490 e. The van der Waals surface area contributed by atoms with Gasteiger partial charge in [-0.2, -0.15) is 0 Å². The molecule has 4 rings (SSSR count). The first-order valence-electron chi connectivity index (χ1n) is 11.5. The molecule has 0 spiro atoms. The molecule has 2 aliphatic heterocycles. The van der Waals surface area contributed by atoms with Crippen molar-refractivity contribution >= 4 is 92.5 Å². The first-order chi connectivity index (χ1) is 19.1. The van der Waals surface area contributed by atoms with Crippen molar-refractivity contribution in [1.82, 2.24) is 9.80 Å². The first-order valence-corrected chi connectivity index (χ1v) is 14.0. The number of benzene rings is 2. The molecular weight excluding hydrogens is 597 g/mol. The number of amides is 2. The highest BCUT2D eigenvalue weighted by molar-refractivity contribution is 8.27. The van der Waals surface area contributed by atoms with Crippen LogP contribution in [0.4, 0.5) is 0 Å². The van der Waals surface area contributed by atoms with E-state index < -0.39 is 36.8 Å². The second-order valence-corrected chi connectivity index (χ2v) is 11.5. The summed E-state index contributed by atoms with van der Waals surface area (Å²) in [5.41, 5.74) is 1.48. The molecule has 2 aliphatic rings. The van der Waals surface area contributed by atoms with Crippen molar-refractivity contribution in [1.29, 1.82) is 0 Å². The molecule has 0 aliphatic carbocycles. The maximum atomic E-state index is 12.4. The molecule has 2 saturated heterocycles. The van der Waals surface area contributed by atoms with Crippen LogP contribution in [0.3, 0.4) is 0 Å². The number of carboxylic acid groups (broad SMARTS) is 2. The van der Waals surface area contributed by atoms with E-state index in [0.717, 1.165) is 44.5 Å². The summed E-state index contributed by atoms with van der Waals surface area (Å²) in [6, 6.07) is 14.1. The molecule has 2 aromatic rings. The molecule has 0 unspecified atom stereocenters. The lowest BCUT2D eigenvalue weighted by molar-refractivity contribution is -0.140. The fourth-order valence-electron chi connectivity index (χ4n) is 3.49. The van der Waals surface area contributed by atoms with Crippen molar-refractivity contribution in [2.75, 3.05) is 26.3 Å². The fourth-order valence-corrected chi connectivity index (χ4v) is 6.00. The van der Waals surface area contributed by atoms with Gasteiger partial charge in [0.1, 0.15) is 46.4 Å². The standard InChI is InChI=1S/C26H20N2O8S4/c29-21(30)13-27-23(33)19(39-25(27)37)11-15-1-5-17(6-2-15)35-9-10-36-18-7-3-16(4-8-18)12-20-24(34)28(14-22(31)32)26(38)40-20/h1-8,11-12H,9-10,13-14H2,(H,29,30)(H,31,32)/b19-11-,20-12-. The van der Waals surface area contributed by atoms with Crippen LogP contribution in [0.5, 0.6) is 11.5 Å². The molecule has 10 nitrogen and oxygen atoms in total. The van der Waals surface area contributed by atoms with Gasteiger partial charge in [-0.15, -0.1) is 0 Å². The number of thiocarbonyl (C=S) groups is 2. The van der Waals surface area contributed by atoms with Gasteiger partial charge in [-0.05, 0) is 47.5 Å². The lowest BCUT2D eigenvalue weighted by atomic mass is 10.2. The smallest absolute Gasteiger partial charge is 0.323 e. The second kappa shape index (κ2) is 13.1. The number of rotatable bonds is 11. The topological polar surface area (TPSA) is 134 Å². The number of thioether (sulfide) groups is 2. The van der Waals surface area contributed by atoms with Crippen LogP contribution in [0, 0.1) is 0 Å². The first kappa shape index (κ1) is 29.3. The number of hydrogen-bond donors (Lipinski definition) is 2. The lowest BCUT2D eigenvalue weighted by Crippen LogP contribution is -2.33. The monoisotopic (exact) mass is 616 g/mol. The van der Waals surface area contributed by atoms with E-state index in [1.54, 1.807) is 60.7 Å². The Morgan fingerprint density at radius 3 is 1.38 bits per heavy atom. The molecule has 14 heteroatoms. The highest BCUT2D eigenvalue weighted by atomic mass is 32.2. The van der Waals surface area contributed by atoms with Gasteiger partial charge in [-0.25, -0.2) is 0 Å². The van der Waals surface area contributed by atoms with Crippen LogP contribution < -0.4 is 9.47 Å². The molecule has 2 heterocycles. The van der Waals surface area contributed by atoms with Crippen LogP contribution in [0.15, 0.2) is 58.3 Å². The largest absolute Gasteiger partial charge is 0.490 e. The summed E-state index contributed by atoms with van der Waals surface area (Å²) >= 11 is 12.3. The molecule has 0 bridgehead atoms. The van der Waals surface area contributed by atoms with E-state index in [-0.39, 0.29) is 21.9 Å². The van der Waals surface area contributed by atoms with Gasteiger partial charge in [-0.3, -0.25) is 29.0 Å². The average molecular weight is 617 g/mol. The zero-order valence-electron chi connectivity index (χ0n) is 20.5. The summed E-state index contributed by atoms with van der Waals surface area (Å²) < 4.78 is 11.8. The maximum absolute atomic E-state index is 12.4. The summed E-state index contributed by atoms with van der Waals surface area (Å²) in [7, 11) is 0. The van der Waals surface area contributed by atoms with Gasteiger partial charge in [-0.1, -0.05) is 72.2 Å². The molecule has 0 saturated carbocycles. The quantitative estimate of drug-likeness (QED) is 0.217. The van der Waals surface area contributed by atoms with Crippen LogP contribution >= 0.6 is 48.0 Å². The van der Waals surface area contributed by atoms with Crippen molar-refractivity contribution in [2.45, 2.75) is 0 Å². The van der Waals surface area contributed by atoms with Crippen LogP contribution in [-0.4, -0.2) is 78.7 Å². The third-order valence-electron chi connectivity index (χ3n) is 5.31. The number of nitrogens with zero attached hydrogens (tertiary/aromatic N) is 2. The molecular formula is C26H20N2O8S4. The molecule has 2 amide bonds. The summed E-state index contributed by atoms with van der Waals surface area (Å²) in [5, 5.41) is 17.9. The van der Waals surface area contributed by atoms with E-state index in [0.29, 0.717) is 21.3 Å². The number of ether oxygens (including phenoxy) is 2. The fraction of sp³-hybridized carbons (Fsp3) is 0.154.